The van der Waals surface area contributed by atoms with Crippen LogP contribution in [0.1, 0.15) is 17.5 Å². The number of aryl methyl sites for hydroxylation is 1. The summed E-state index contributed by atoms with van der Waals surface area (Å²) in [6.07, 6.45) is 2.31. The Hall–Kier alpha value is -1.02. The molecule has 0 bridgehead atoms. The van der Waals surface area contributed by atoms with Gasteiger partial charge in [0.1, 0.15) is 5.75 Å². The zero-order valence-electron chi connectivity index (χ0n) is 7.97. The van der Waals surface area contributed by atoms with E-state index in [2.05, 4.69) is 23.5 Å². The maximum absolute atomic E-state index is 5.67. The Morgan fingerprint density at radius 3 is 3.23 bits per heavy atom. The number of fused-ring (bicyclic) bond motifs is 1. The highest BCUT2D eigenvalue weighted by molar-refractivity contribution is 5.42. The van der Waals surface area contributed by atoms with Gasteiger partial charge in [-0.15, -0.1) is 0 Å². The van der Waals surface area contributed by atoms with Crippen molar-refractivity contribution in [3.63, 3.8) is 0 Å². The molecule has 1 aromatic rings. The van der Waals surface area contributed by atoms with Crippen molar-refractivity contribution in [3.8, 4) is 5.75 Å². The molecule has 1 N–H and O–H groups in total. The summed E-state index contributed by atoms with van der Waals surface area (Å²) in [5, 5.41) is 3.15. The quantitative estimate of drug-likeness (QED) is 0.742. The molecule has 0 unspecified atom stereocenters. The molecular weight excluding hydrogens is 162 g/mol. The van der Waals surface area contributed by atoms with Gasteiger partial charge in [-0.25, -0.2) is 0 Å². The van der Waals surface area contributed by atoms with E-state index in [1.807, 2.05) is 7.05 Å². The molecule has 13 heavy (non-hydrogen) atoms. The largest absolute Gasteiger partial charge is 0.493 e. The highest BCUT2D eigenvalue weighted by atomic mass is 16.5. The fraction of sp³-hybridized carbons (Fsp3) is 0.455. The zero-order valence-corrected chi connectivity index (χ0v) is 7.97. The lowest BCUT2D eigenvalue weighted by molar-refractivity contribution is 0.284. The molecule has 0 radical (unpaired) electrons. The Morgan fingerprint density at radius 2 is 2.38 bits per heavy atom. The predicted molar refractivity (Wildman–Crippen MR) is 53.0 cm³/mol. The fourth-order valence-corrected chi connectivity index (χ4v) is 1.79. The first kappa shape index (κ1) is 8.57. The van der Waals surface area contributed by atoms with E-state index in [1.54, 1.807) is 0 Å². The summed E-state index contributed by atoms with van der Waals surface area (Å²) in [5.74, 6) is 1.11. The van der Waals surface area contributed by atoms with Gasteiger partial charge >= 0.3 is 0 Å². The van der Waals surface area contributed by atoms with E-state index in [4.69, 9.17) is 4.74 Å². The van der Waals surface area contributed by atoms with Gasteiger partial charge in [-0.2, -0.15) is 0 Å². The first-order valence-corrected chi connectivity index (χ1v) is 4.80. The van der Waals surface area contributed by atoms with Gasteiger partial charge in [0.2, 0.25) is 0 Å². The number of rotatable bonds is 2. The third-order valence-electron chi connectivity index (χ3n) is 2.38. The minimum Gasteiger partial charge on any atom is -0.493 e. The van der Waals surface area contributed by atoms with Gasteiger partial charge < -0.3 is 10.1 Å². The monoisotopic (exact) mass is 177 g/mol. The summed E-state index contributed by atoms with van der Waals surface area (Å²) >= 11 is 0. The molecule has 1 heterocycles. The van der Waals surface area contributed by atoms with Crippen LogP contribution in [0.15, 0.2) is 18.2 Å². The van der Waals surface area contributed by atoms with Gasteiger partial charge in [-0.05, 0) is 25.5 Å². The molecule has 0 spiro atoms. The molecule has 2 rings (SSSR count). The lowest BCUT2D eigenvalue weighted by Gasteiger charge is -2.20. The van der Waals surface area contributed by atoms with Crippen molar-refractivity contribution in [2.75, 3.05) is 13.7 Å². The van der Waals surface area contributed by atoms with E-state index in [0.717, 1.165) is 31.7 Å². The summed E-state index contributed by atoms with van der Waals surface area (Å²) in [5.41, 5.74) is 2.64. The summed E-state index contributed by atoms with van der Waals surface area (Å²) in [6.45, 7) is 1.76. The van der Waals surface area contributed by atoms with Crippen LogP contribution in [0.25, 0.3) is 0 Å². The lowest BCUT2D eigenvalue weighted by atomic mass is 10.0. The van der Waals surface area contributed by atoms with Crippen molar-refractivity contribution >= 4 is 0 Å². The van der Waals surface area contributed by atoms with E-state index in [9.17, 15) is 0 Å². The molecule has 0 fully saturated rings. The smallest absolute Gasteiger partial charge is 0.126 e. The fourth-order valence-electron chi connectivity index (χ4n) is 1.79. The van der Waals surface area contributed by atoms with E-state index in [0.29, 0.717) is 0 Å². The SMILES string of the molecule is CNCc1cccc2c1OCCC2. The Balaban J connectivity index is 2.34. The van der Waals surface area contributed by atoms with Gasteiger partial charge in [0.05, 0.1) is 6.61 Å². The Morgan fingerprint density at radius 1 is 1.46 bits per heavy atom. The van der Waals surface area contributed by atoms with Crippen LogP contribution in [0.2, 0.25) is 0 Å². The third-order valence-corrected chi connectivity index (χ3v) is 2.38. The second kappa shape index (κ2) is 3.79. The van der Waals surface area contributed by atoms with Crippen LogP contribution in [0, 0.1) is 0 Å². The molecule has 0 saturated carbocycles. The molecule has 0 aromatic heterocycles. The first-order chi connectivity index (χ1) is 6.42. The van der Waals surface area contributed by atoms with Gasteiger partial charge in [0.15, 0.2) is 0 Å². The highest BCUT2D eigenvalue weighted by Gasteiger charge is 2.12. The normalized spacial score (nSPS) is 14.8. The molecule has 1 aromatic carbocycles. The van der Waals surface area contributed by atoms with E-state index in [1.165, 1.54) is 11.1 Å². The Labute approximate surface area is 78.9 Å². The number of benzene rings is 1. The molecule has 70 valence electrons. The molecule has 0 saturated heterocycles. The second-order valence-electron chi connectivity index (χ2n) is 3.39. The van der Waals surface area contributed by atoms with Crippen molar-refractivity contribution < 1.29 is 4.74 Å². The van der Waals surface area contributed by atoms with Crippen LogP contribution in [0.4, 0.5) is 0 Å². The molecule has 1 aliphatic rings. The Bertz CT molecular complexity index is 296. The maximum atomic E-state index is 5.67. The van der Waals surface area contributed by atoms with Gasteiger partial charge in [-0.1, -0.05) is 18.2 Å². The summed E-state index contributed by atoms with van der Waals surface area (Å²) in [4.78, 5) is 0. The van der Waals surface area contributed by atoms with Crippen LogP contribution in [-0.4, -0.2) is 13.7 Å². The minimum atomic E-state index is 0.869. The zero-order chi connectivity index (χ0) is 9.10. The van der Waals surface area contributed by atoms with E-state index in [-0.39, 0.29) is 0 Å². The molecule has 0 amide bonds. The average molecular weight is 177 g/mol. The lowest BCUT2D eigenvalue weighted by Crippen LogP contribution is -2.13. The van der Waals surface area contributed by atoms with Crippen molar-refractivity contribution in [1.29, 1.82) is 0 Å². The van der Waals surface area contributed by atoms with Gasteiger partial charge in [-0.3, -0.25) is 0 Å². The number of ether oxygens (including phenoxy) is 1. The van der Waals surface area contributed by atoms with Crippen LogP contribution in [0.5, 0.6) is 5.75 Å². The van der Waals surface area contributed by atoms with Crippen molar-refractivity contribution in [2.45, 2.75) is 19.4 Å². The Kier molecular flexibility index (Phi) is 2.50. The predicted octanol–water partition coefficient (Wildman–Crippen LogP) is 1.73. The molecule has 0 aliphatic carbocycles. The van der Waals surface area contributed by atoms with E-state index >= 15 is 0 Å². The number of nitrogens with one attached hydrogen (secondary N) is 1. The molecule has 1 aliphatic heterocycles. The molecule has 2 nitrogen and oxygen atoms in total. The van der Waals surface area contributed by atoms with Crippen LogP contribution in [-0.2, 0) is 13.0 Å². The highest BCUT2D eigenvalue weighted by Crippen LogP contribution is 2.28. The van der Waals surface area contributed by atoms with Crippen molar-refractivity contribution in [2.24, 2.45) is 0 Å². The number of para-hydroxylation sites is 1. The van der Waals surface area contributed by atoms with Crippen LogP contribution in [0.3, 0.4) is 0 Å². The molecule has 0 atom stereocenters. The third kappa shape index (κ3) is 1.68. The first-order valence-electron chi connectivity index (χ1n) is 4.80. The van der Waals surface area contributed by atoms with Gasteiger partial charge in [0.25, 0.3) is 0 Å². The number of hydrogen-bond acceptors (Lipinski definition) is 2. The van der Waals surface area contributed by atoms with Crippen molar-refractivity contribution in [1.82, 2.24) is 5.32 Å². The van der Waals surface area contributed by atoms with Crippen molar-refractivity contribution in [3.05, 3.63) is 29.3 Å². The topological polar surface area (TPSA) is 21.3 Å². The van der Waals surface area contributed by atoms with Crippen LogP contribution >= 0.6 is 0 Å². The summed E-state index contributed by atoms with van der Waals surface area (Å²) in [6, 6.07) is 6.40. The summed E-state index contributed by atoms with van der Waals surface area (Å²) in [7, 11) is 1.96. The average Bonchev–Trinajstić information content (AvgIpc) is 2.19. The second-order valence-corrected chi connectivity index (χ2v) is 3.39. The maximum Gasteiger partial charge on any atom is 0.126 e. The standard InChI is InChI=1S/C11H15NO/c1-12-8-10-5-2-4-9-6-3-7-13-11(9)10/h2,4-5,12H,3,6-8H2,1H3. The van der Waals surface area contributed by atoms with Crippen LogP contribution < -0.4 is 10.1 Å². The van der Waals surface area contributed by atoms with E-state index < -0.39 is 0 Å². The number of hydrogen-bond donors (Lipinski definition) is 1. The minimum absolute atomic E-state index is 0.869. The summed E-state index contributed by atoms with van der Waals surface area (Å²) < 4.78 is 5.67. The molecular formula is C11H15NO. The van der Waals surface area contributed by atoms with Gasteiger partial charge in [0, 0.05) is 12.1 Å². The molecule has 2 heteroatoms.